The molecule has 2 aromatic carbocycles. The predicted molar refractivity (Wildman–Crippen MR) is 101 cm³/mol. The van der Waals surface area contributed by atoms with Crippen LogP contribution in [0.15, 0.2) is 60.7 Å². The van der Waals surface area contributed by atoms with E-state index in [1.54, 1.807) is 0 Å². The molecule has 0 saturated heterocycles. The molecule has 2 rings (SSSR count). The van der Waals surface area contributed by atoms with Gasteiger partial charge in [-0.1, -0.05) is 67.6 Å². The first-order chi connectivity index (χ1) is 12.1. The minimum Gasteiger partial charge on any atom is -0.360 e. The van der Waals surface area contributed by atoms with Gasteiger partial charge in [-0.05, 0) is 30.4 Å². The number of hydrogen-bond donors (Lipinski definition) is 2. The molecule has 0 heterocycles. The summed E-state index contributed by atoms with van der Waals surface area (Å²) in [5.74, 6) is -0.0695. The van der Waals surface area contributed by atoms with Crippen molar-refractivity contribution in [1.29, 1.82) is 0 Å². The summed E-state index contributed by atoms with van der Waals surface area (Å²) in [5.41, 5.74) is 7.76. The second-order valence-corrected chi connectivity index (χ2v) is 6.26. The van der Waals surface area contributed by atoms with Gasteiger partial charge in [-0.15, -0.1) is 0 Å². The fourth-order valence-corrected chi connectivity index (χ4v) is 2.62. The van der Waals surface area contributed by atoms with E-state index in [1.165, 1.54) is 11.1 Å². The standard InChI is InChI=1S/C21H28N2O2/c1-2-21(22,25-16-14-19-11-7-4-8-12-19)17-20(24)23-15-13-18-9-5-3-6-10-18/h3-12H,2,13-17,22H2,1H3,(H,23,24). The van der Waals surface area contributed by atoms with Crippen LogP contribution in [0.3, 0.4) is 0 Å². The Balaban J connectivity index is 1.71. The smallest absolute Gasteiger partial charge is 0.224 e. The van der Waals surface area contributed by atoms with E-state index in [2.05, 4.69) is 29.6 Å². The van der Waals surface area contributed by atoms with Gasteiger partial charge in [0.15, 0.2) is 0 Å². The SMILES string of the molecule is CCC(N)(CC(=O)NCCc1ccccc1)OCCc1ccccc1. The van der Waals surface area contributed by atoms with Crippen LogP contribution in [0, 0.1) is 0 Å². The topological polar surface area (TPSA) is 64.4 Å². The number of carbonyl (C=O) groups excluding carboxylic acids is 1. The number of nitrogens with two attached hydrogens (primary N) is 1. The van der Waals surface area contributed by atoms with Crippen molar-refractivity contribution < 1.29 is 9.53 Å². The number of nitrogens with one attached hydrogen (secondary N) is 1. The summed E-state index contributed by atoms with van der Waals surface area (Å²) in [7, 11) is 0. The van der Waals surface area contributed by atoms with Crippen LogP contribution in [-0.2, 0) is 22.4 Å². The van der Waals surface area contributed by atoms with Crippen molar-refractivity contribution in [2.45, 2.75) is 38.3 Å². The van der Waals surface area contributed by atoms with Crippen molar-refractivity contribution in [3.05, 3.63) is 71.8 Å². The van der Waals surface area contributed by atoms with Crippen LogP contribution in [0.5, 0.6) is 0 Å². The molecule has 0 radical (unpaired) electrons. The van der Waals surface area contributed by atoms with Gasteiger partial charge < -0.3 is 15.8 Å². The van der Waals surface area contributed by atoms with E-state index in [-0.39, 0.29) is 12.3 Å². The molecule has 4 nitrogen and oxygen atoms in total. The highest BCUT2D eigenvalue weighted by Gasteiger charge is 2.26. The van der Waals surface area contributed by atoms with Crippen molar-refractivity contribution in [3.8, 4) is 0 Å². The zero-order valence-electron chi connectivity index (χ0n) is 14.9. The largest absolute Gasteiger partial charge is 0.360 e. The number of rotatable bonds is 10. The van der Waals surface area contributed by atoms with Gasteiger partial charge in [-0.3, -0.25) is 4.79 Å². The normalized spacial score (nSPS) is 13.2. The van der Waals surface area contributed by atoms with Crippen molar-refractivity contribution in [3.63, 3.8) is 0 Å². The fourth-order valence-electron chi connectivity index (χ4n) is 2.62. The average Bonchev–Trinajstić information content (AvgIpc) is 2.63. The van der Waals surface area contributed by atoms with Gasteiger partial charge in [0.25, 0.3) is 0 Å². The molecular formula is C21H28N2O2. The molecule has 0 aliphatic rings. The molecule has 4 heteroatoms. The van der Waals surface area contributed by atoms with E-state index >= 15 is 0 Å². The molecule has 0 aromatic heterocycles. The zero-order valence-corrected chi connectivity index (χ0v) is 14.9. The summed E-state index contributed by atoms with van der Waals surface area (Å²) < 4.78 is 5.83. The predicted octanol–water partition coefficient (Wildman–Crippen LogP) is 3.06. The average molecular weight is 340 g/mol. The monoisotopic (exact) mass is 340 g/mol. The Kier molecular flexibility index (Phi) is 7.64. The highest BCUT2D eigenvalue weighted by atomic mass is 16.5. The summed E-state index contributed by atoms with van der Waals surface area (Å²) in [6.45, 7) is 3.05. The lowest BCUT2D eigenvalue weighted by Crippen LogP contribution is -2.47. The number of hydrogen-bond acceptors (Lipinski definition) is 3. The number of carbonyl (C=O) groups is 1. The number of amides is 1. The van der Waals surface area contributed by atoms with Crippen LogP contribution < -0.4 is 11.1 Å². The molecule has 0 spiro atoms. The second-order valence-electron chi connectivity index (χ2n) is 6.26. The minimum atomic E-state index is -0.911. The van der Waals surface area contributed by atoms with E-state index in [4.69, 9.17) is 10.5 Å². The molecule has 25 heavy (non-hydrogen) atoms. The van der Waals surface area contributed by atoms with Crippen molar-refractivity contribution in [2.24, 2.45) is 5.73 Å². The second kappa shape index (κ2) is 9.97. The molecule has 0 fully saturated rings. The fraction of sp³-hybridized carbons (Fsp3) is 0.381. The molecule has 0 aliphatic heterocycles. The van der Waals surface area contributed by atoms with Crippen LogP contribution in [0.2, 0.25) is 0 Å². The summed E-state index contributed by atoms with van der Waals surface area (Å²) in [6, 6.07) is 20.2. The summed E-state index contributed by atoms with van der Waals surface area (Å²) in [4.78, 5) is 12.2. The maximum Gasteiger partial charge on any atom is 0.224 e. The first kappa shape index (κ1) is 19.2. The molecule has 0 saturated carbocycles. The van der Waals surface area contributed by atoms with Crippen LogP contribution in [0.25, 0.3) is 0 Å². The maximum absolute atomic E-state index is 12.2. The molecule has 1 atom stereocenters. The first-order valence-corrected chi connectivity index (χ1v) is 8.89. The Labute approximate surface area is 150 Å². The van der Waals surface area contributed by atoms with Crippen molar-refractivity contribution in [2.75, 3.05) is 13.2 Å². The molecule has 3 N–H and O–H groups in total. The summed E-state index contributed by atoms with van der Waals surface area (Å²) in [6.07, 6.45) is 2.36. The van der Waals surface area contributed by atoms with Crippen LogP contribution in [0.4, 0.5) is 0 Å². The van der Waals surface area contributed by atoms with Gasteiger partial charge in [0.2, 0.25) is 5.91 Å². The van der Waals surface area contributed by atoms with E-state index in [0.717, 1.165) is 12.8 Å². The van der Waals surface area contributed by atoms with Gasteiger partial charge in [-0.25, -0.2) is 0 Å². The highest BCUT2D eigenvalue weighted by Crippen LogP contribution is 2.14. The lowest BCUT2D eigenvalue weighted by molar-refractivity contribution is -0.129. The number of ether oxygens (including phenoxy) is 1. The Morgan fingerprint density at radius 1 is 1.00 bits per heavy atom. The molecule has 1 amide bonds. The van der Waals surface area contributed by atoms with Gasteiger partial charge in [0.1, 0.15) is 5.72 Å². The Morgan fingerprint density at radius 2 is 1.56 bits per heavy atom. The third-order valence-electron chi connectivity index (χ3n) is 4.26. The highest BCUT2D eigenvalue weighted by molar-refractivity contribution is 5.76. The van der Waals surface area contributed by atoms with Crippen LogP contribution >= 0.6 is 0 Å². The van der Waals surface area contributed by atoms with E-state index in [1.807, 2.05) is 43.3 Å². The third kappa shape index (κ3) is 7.08. The Hall–Kier alpha value is -2.17. The summed E-state index contributed by atoms with van der Waals surface area (Å²) >= 11 is 0. The Morgan fingerprint density at radius 3 is 2.12 bits per heavy atom. The lowest BCUT2D eigenvalue weighted by atomic mass is 10.1. The minimum absolute atomic E-state index is 0.0695. The van der Waals surface area contributed by atoms with E-state index < -0.39 is 5.72 Å². The molecule has 2 aromatic rings. The Bertz CT molecular complexity index is 631. The van der Waals surface area contributed by atoms with Crippen LogP contribution in [-0.4, -0.2) is 24.8 Å². The zero-order chi connectivity index (χ0) is 18.0. The summed E-state index contributed by atoms with van der Waals surface area (Å²) in [5, 5.41) is 2.93. The molecule has 0 aliphatic carbocycles. The van der Waals surface area contributed by atoms with Crippen molar-refractivity contribution >= 4 is 5.91 Å². The molecule has 134 valence electrons. The third-order valence-corrected chi connectivity index (χ3v) is 4.26. The molecule has 0 bridgehead atoms. The molecular weight excluding hydrogens is 312 g/mol. The van der Waals surface area contributed by atoms with Gasteiger partial charge in [-0.2, -0.15) is 0 Å². The molecule has 1 unspecified atom stereocenters. The van der Waals surface area contributed by atoms with E-state index in [0.29, 0.717) is 19.6 Å². The van der Waals surface area contributed by atoms with E-state index in [9.17, 15) is 4.79 Å². The van der Waals surface area contributed by atoms with Gasteiger partial charge >= 0.3 is 0 Å². The van der Waals surface area contributed by atoms with Gasteiger partial charge in [0, 0.05) is 6.54 Å². The van der Waals surface area contributed by atoms with Gasteiger partial charge in [0.05, 0.1) is 13.0 Å². The number of benzene rings is 2. The quantitative estimate of drug-likeness (QED) is 0.653. The van der Waals surface area contributed by atoms with Crippen molar-refractivity contribution in [1.82, 2.24) is 5.32 Å². The van der Waals surface area contributed by atoms with Crippen LogP contribution in [0.1, 0.15) is 30.9 Å². The lowest BCUT2D eigenvalue weighted by Gasteiger charge is -2.28. The first-order valence-electron chi connectivity index (χ1n) is 8.89. The maximum atomic E-state index is 12.2.